The minimum Gasteiger partial charge on any atom is -0.385 e. The molecule has 0 aliphatic heterocycles. The van der Waals surface area contributed by atoms with E-state index in [-0.39, 0.29) is 6.61 Å². The van der Waals surface area contributed by atoms with Gasteiger partial charge in [0.15, 0.2) is 0 Å². The second kappa shape index (κ2) is 4.96. The van der Waals surface area contributed by atoms with E-state index in [1.54, 1.807) is 18.4 Å². The molecule has 0 aliphatic rings. The molecule has 2 nitrogen and oxygen atoms in total. The van der Waals surface area contributed by atoms with Gasteiger partial charge in [-0.05, 0) is 23.9 Å². The van der Waals surface area contributed by atoms with Crippen LogP contribution in [0.15, 0.2) is 11.4 Å². The predicted molar refractivity (Wildman–Crippen MR) is 50.9 cm³/mol. The first-order valence-electron chi connectivity index (χ1n) is 4.26. The molecular formula is C9H11F3O2S. The molecule has 1 unspecified atom stereocenters. The molecule has 0 saturated heterocycles. The molecule has 1 N–H and O–H groups in total. The summed E-state index contributed by atoms with van der Waals surface area (Å²) in [6.07, 6.45) is -5.32. The van der Waals surface area contributed by atoms with Crippen molar-refractivity contribution in [3.63, 3.8) is 0 Å². The average Bonchev–Trinajstić information content (AvgIpc) is 2.48. The van der Waals surface area contributed by atoms with Gasteiger partial charge in [0.2, 0.25) is 0 Å². The predicted octanol–water partition coefficient (Wildman–Crippen LogP) is 2.67. The van der Waals surface area contributed by atoms with Crippen molar-refractivity contribution in [1.82, 2.24) is 0 Å². The van der Waals surface area contributed by atoms with E-state index in [4.69, 9.17) is 0 Å². The second-order valence-electron chi connectivity index (χ2n) is 3.11. The molecule has 1 heterocycles. The average molecular weight is 240 g/mol. The van der Waals surface area contributed by atoms with Crippen LogP contribution < -0.4 is 0 Å². The van der Waals surface area contributed by atoms with Crippen molar-refractivity contribution in [3.05, 3.63) is 21.9 Å². The summed E-state index contributed by atoms with van der Waals surface area (Å²) in [5.41, 5.74) is 0.864. The largest absolute Gasteiger partial charge is 0.411 e. The number of halogens is 3. The molecule has 15 heavy (non-hydrogen) atoms. The summed E-state index contributed by atoms with van der Waals surface area (Å²) in [5.74, 6) is 0. The maximum Gasteiger partial charge on any atom is 0.411 e. The zero-order chi connectivity index (χ0) is 11.5. The molecule has 1 rings (SSSR count). The van der Waals surface area contributed by atoms with Crippen molar-refractivity contribution in [2.75, 3.05) is 13.2 Å². The first kappa shape index (κ1) is 12.5. The first-order valence-corrected chi connectivity index (χ1v) is 5.14. The summed E-state index contributed by atoms with van der Waals surface area (Å²) in [7, 11) is 0. The number of aryl methyl sites for hydroxylation is 1. The Bertz CT molecular complexity index is 309. The lowest BCUT2D eigenvalue weighted by Gasteiger charge is -2.12. The van der Waals surface area contributed by atoms with E-state index in [0.717, 1.165) is 5.56 Å². The number of rotatable bonds is 4. The molecule has 0 amide bonds. The van der Waals surface area contributed by atoms with Crippen LogP contribution in [0.25, 0.3) is 0 Å². The van der Waals surface area contributed by atoms with Crippen molar-refractivity contribution in [2.45, 2.75) is 19.2 Å². The lowest BCUT2D eigenvalue weighted by Crippen LogP contribution is -2.19. The fourth-order valence-electron chi connectivity index (χ4n) is 1.09. The van der Waals surface area contributed by atoms with E-state index in [9.17, 15) is 18.3 Å². The Morgan fingerprint density at radius 1 is 1.53 bits per heavy atom. The molecule has 6 heteroatoms. The molecular weight excluding hydrogens is 229 g/mol. The Balaban J connectivity index is 2.37. The van der Waals surface area contributed by atoms with Crippen LogP contribution in [0.5, 0.6) is 0 Å². The van der Waals surface area contributed by atoms with Gasteiger partial charge < -0.3 is 9.84 Å². The minimum absolute atomic E-state index is 0.332. The molecule has 1 aromatic heterocycles. The monoisotopic (exact) mass is 240 g/mol. The number of thiophene rings is 1. The van der Waals surface area contributed by atoms with Crippen molar-refractivity contribution in [1.29, 1.82) is 0 Å². The van der Waals surface area contributed by atoms with Crippen LogP contribution in [0.3, 0.4) is 0 Å². The Kier molecular flexibility index (Phi) is 4.12. The molecule has 0 spiro atoms. The van der Waals surface area contributed by atoms with Gasteiger partial charge in [0, 0.05) is 4.88 Å². The zero-order valence-corrected chi connectivity index (χ0v) is 8.86. The van der Waals surface area contributed by atoms with Crippen LogP contribution in [0.1, 0.15) is 16.5 Å². The van der Waals surface area contributed by atoms with Gasteiger partial charge in [-0.1, -0.05) is 0 Å². The smallest absolute Gasteiger partial charge is 0.385 e. The zero-order valence-electron chi connectivity index (χ0n) is 8.04. The molecule has 0 bridgehead atoms. The molecule has 86 valence electrons. The third-order valence-electron chi connectivity index (χ3n) is 1.75. The molecule has 0 aromatic carbocycles. The van der Waals surface area contributed by atoms with Gasteiger partial charge in [0.05, 0.1) is 6.61 Å². The summed E-state index contributed by atoms with van der Waals surface area (Å²) in [4.78, 5) is 0.650. The van der Waals surface area contributed by atoms with Crippen LogP contribution in [-0.4, -0.2) is 24.5 Å². The van der Waals surface area contributed by atoms with Crippen molar-refractivity contribution >= 4 is 11.3 Å². The van der Waals surface area contributed by atoms with Crippen LogP contribution in [0.4, 0.5) is 13.2 Å². The van der Waals surface area contributed by atoms with Gasteiger partial charge in [0.25, 0.3) is 0 Å². The standard InChI is InChI=1S/C9H11F3O2S/c1-6-2-3-15-8(6)7(13)4-14-5-9(10,11)12/h2-3,7,13H,4-5H2,1H3. The van der Waals surface area contributed by atoms with Gasteiger partial charge in [-0.2, -0.15) is 13.2 Å². The quantitative estimate of drug-likeness (QED) is 0.876. The number of ether oxygens (including phenoxy) is 1. The van der Waals surface area contributed by atoms with Gasteiger partial charge >= 0.3 is 6.18 Å². The van der Waals surface area contributed by atoms with E-state index >= 15 is 0 Å². The van der Waals surface area contributed by atoms with Gasteiger partial charge in [-0.15, -0.1) is 11.3 Å². The third kappa shape index (κ3) is 4.19. The molecule has 0 saturated carbocycles. The highest BCUT2D eigenvalue weighted by atomic mass is 32.1. The number of aliphatic hydroxyl groups is 1. The lowest BCUT2D eigenvalue weighted by atomic mass is 10.2. The second-order valence-corrected chi connectivity index (χ2v) is 4.06. The third-order valence-corrected chi connectivity index (χ3v) is 2.87. The Morgan fingerprint density at radius 3 is 2.67 bits per heavy atom. The Morgan fingerprint density at radius 2 is 2.20 bits per heavy atom. The summed E-state index contributed by atoms with van der Waals surface area (Å²) in [6, 6.07) is 1.80. The van der Waals surface area contributed by atoms with Gasteiger partial charge in [0.1, 0.15) is 12.7 Å². The molecule has 1 aromatic rings. The van der Waals surface area contributed by atoms with E-state index < -0.39 is 18.9 Å². The highest BCUT2D eigenvalue weighted by molar-refractivity contribution is 7.10. The van der Waals surface area contributed by atoms with E-state index in [2.05, 4.69) is 4.74 Å². The van der Waals surface area contributed by atoms with Crippen LogP contribution in [0, 0.1) is 6.92 Å². The number of hydrogen-bond acceptors (Lipinski definition) is 3. The minimum atomic E-state index is -4.34. The highest BCUT2D eigenvalue weighted by Crippen LogP contribution is 2.24. The first-order chi connectivity index (χ1) is 6.90. The fraction of sp³-hybridized carbons (Fsp3) is 0.556. The Hall–Kier alpha value is -0.590. The lowest BCUT2D eigenvalue weighted by molar-refractivity contribution is -0.179. The van der Waals surface area contributed by atoms with Crippen LogP contribution in [-0.2, 0) is 4.74 Å². The molecule has 0 aliphatic carbocycles. The topological polar surface area (TPSA) is 29.5 Å². The van der Waals surface area contributed by atoms with Crippen LogP contribution in [0.2, 0.25) is 0 Å². The number of alkyl halides is 3. The van der Waals surface area contributed by atoms with E-state index in [1.807, 2.05) is 0 Å². The van der Waals surface area contributed by atoms with E-state index in [1.165, 1.54) is 11.3 Å². The summed E-state index contributed by atoms with van der Waals surface area (Å²) in [6.45, 7) is 0.133. The van der Waals surface area contributed by atoms with Gasteiger partial charge in [-0.25, -0.2) is 0 Å². The van der Waals surface area contributed by atoms with Crippen molar-refractivity contribution < 1.29 is 23.0 Å². The molecule has 1 atom stereocenters. The number of hydrogen-bond donors (Lipinski definition) is 1. The molecule has 0 radical (unpaired) electrons. The van der Waals surface area contributed by atoms with E-state index in [0.29, 0.717) is 4.88 Å². The van der Waals surface area contributed by atoms with Crippen molar-refractivity contribution in [2.24, 2.45) is 0 Å². The normalized spacial score (nSPS) is 14.2. The summed E-state index contributed by atoms with van der Waals surface area (Å²) >= 11 is 1.30. The summed E-state index contributed by atoms with van der Waals surface area (Å²) < 4.78 is 39.5. The highest BCUT2D eigenvalue weighted by Gasteiger charge is 2.28. The molecule has 0 fully saturated rings. The number of aliphatic hydroxyl groups excluding tert-OH is 1. The van der Waals surface area contributed by atoms with Gasteiger partial charge in [-0.3, -0.25) is 0 Å². The van der Waals surface area contributed by atoms with Crippen LogP contribution >= 0.6 is 11.3 Å². The Labute approximate surface area is 89.3 Å². The maximum absolute atomic E-state index is 11.7. The SMILES string of the molecule is Cc1ccsc1C(O)COCC(F)(F)F. The summed E-state index contributed by atoms with van der Waals surface area (Å²) in [5, 5.41) is 11.3. The van der Waals surface area contributed by atoms with Crippen molar-refractivity contribution in [3.8, 4) is 0 Å². The fourth-order valence-corrected chi connectivity index (χ4v) is 1.99. The maximum atomic E-state index is 11.7.